The first-order valence-corrected chi connectivity index (χ1v) is 8.65. The summed E-state index contributed by atoms with van der Waals surface area (Å²) in [5.74, 6) is -0.379. The third-order valence-corrected chi connectivity index (χ3v) is 4.83. The average Bonchev–Trinajstić information content (AvgIpc) is 2.90. The summed E-state index contributed by atoms with van der Waals surface area (Å²) in [6, 6.07) is 4.42. The smallest absolute Gasteiger partial charge is 0.240 e. The molecule has 0 aliphatic carbocycles. The Morgan fingerprint density at radius 3 is 3.00 bits per heavy atom. The first-order chi connectivity index (χ1) is 11.1. The molecular weight excluding hydrogens is 317 g/mol. The van der Waals surface area contributed by atoms with Crippen molar-refractivity contribution in [3.05, 3.63) is 24.0 Å². The Morgan fingerprint density at radius 2 is 2.26 bits per heavy atom. The lowest BCUT2D eigenvalue weighted by atomic mass is 10.1. The number of nitrogens with zero attached hydrogens (tertiary/aromatic N) is 2. The van der Waals surface area contributed by atoms with Gasteiger partial charge < -0.3 is 10.1 Å². The number of carbonyl (C=O) groups excluding carboxylic acids is 1. The molecule has 1 aromatic heterocycles. The lowest BCUT2D eigenvalue weighted by Gasteiger charge is -2.31. The van der Waals surface area contributed by atoms with Crippen LogP contribution >= 0.6 is 11.3 Å². The molecule has 7 heteroatoms. The summed E-state index contributed by atoms with van der Waals surface area (Å²) < 4.78 is 19.5. The number of anilines is 1. The van der Waals surface area contributed by atoms with Gasteiger partial charge in [0.1, 0.15) is 5.82 Å². The molecule has 1 aromatic carbocycles. The number of rotatable bonds is 5. The summed E-state index contributed by atoms with van der Waals surface area (Å²) >= 11 is 1.29. The molecule has 5 nitrogen and oxygen atoms in total. The Hall–Kier alpha value is -1.57. The third-order valence-electron chi connectivity index (χ3n) is 3.90. The SMILES string of the molecule is CCOC1CCN(CC(=O)Nc2nc3ccc(F)cc3s2)CC1. The van der Waals surface area contributed by atoms with Crippen molar-refractivity contribution in [3.63, 3.8) is 0 Å². The van der Waals surface area contributed by atoms with Crippen LogP contribution in [-0.4, -0.2) is 48.1 Å². The van der Waals surface area contributed by atoms with E-state index in [1.807, 2.05) is 6.92 Å². The molecule has 1 aliphatic rings. The fourth-order valence-corrected chi connectivity index (χ4v) is 3.69. The fraction of sp³-hybridized carbons (Fsp3) is 0.500. The van der Waals surface area contributed by atoms with Crippen molar-refractivity contribution in [2.75, 3.05) is 31.6 Å². The van der Waals surface area contributed by atoms with E-state index >= 15 is 0 Å². The number of fused-ring (bicyclic) bond motifs is 1. The van der Waals surface area contributed by atoms with E-state index in [9.17, 15) is 9.18 Å². The van der Waals surface area contributed by atoms with Crippen molar-refractivity contribution >= 4 is 32.6 Å². The largest absolute Gasteiger partial charge is 0.378 e. The predicted molar refractivity (Wildman–Crippen MR) is 89.3 cm³/mol. The number of ether oxygens (including phenoxy) is 1. The van der Waals surface area contributed by atoms with Crippen LogP contribution in [0.5, 0.6) is 0 Å². The quantitative estimate of drug-likeness (QED) is 0.911. The van der Waals surface area contributed by atoms with Crippen LogP contribution < -0.4 is 5.32 Å². The van der Waals surface area contributed by atoms with Crippen LogP contribution in [0.3, 0.4) is 0 Å². The fourth-order valence-electron chi connectivity index (χ4n) is 2.78. The monoisotopic (exact) mass is 337 g/mol. The molecule has 2 aromatic rings. The van der Waals surface area contributed by atoms with E-state index in [0.29, 0.717) is 23.3 Å². The van der Waals surface area contributed by atoms with Gasteiger partial charge in [-0.1, -0.05) is 11.3 Å². The molecular formula is C16H20FN3O2S. The van der Waals surface area contributed by atoms with Crippen molar-refractivity contribution in [2.45, 2.75) is 25.9 Å². The Bertz CT molecular complexity index is 683. The van der Waals surface area contributed by atoms with Gasteiger partial charge in [-0.3, -0.25) is 9.69 Å². The van der Waals surface area contributed by atoms with E-state index in [4.69, 9.17) is 4.74 Å². The van der Waals surface area contributed by atoms with Crippen LogP contribution in [0.4, 0.5) is 9.52 Å². The first-order valence-electron chi connectivity index (χ1n) is 7.84. The maximum absolute atomic E-state index is 13.2. The Kier molecular flexibility index (Phi) is 5.20. The Morgan fingerprint density at radius 1 is 1.48 bits per heavy atom. The maximum Gasteiger partial charge on any atom is 0.240 e. The minimum atomic E-state index is -0.295. The molecule has 2 heterocycles. The Balaban J connectivity index is 1.52. The molecule has 0 saturated carbocycles. The van der Waals surface area contributed by atoms with Crippen LogP contribution in [0.25, 0.3) is 10.2 Å². The standard InChI is InChI=1S/C16H20FN3O2S/c1-2-22-12-5-7-20(8-6-12)10-15(21)19-16-18-13-4-3-11(17)9-14(13)23-16/h3-4,9,12H,2,5-8,10H2,1H3,(H,18,19,21). The van der Waals surface area contributed by atoms with E-state index in [0.717, 1.165) is 37.2 Å². The molecule has 0 spiro atoms. The Labute approximate surface area is 138 Å². The number of benzene rings is 1. The second-order valence-corrected chi connectivity index (χ2v) is 6.64. The highest BCUT2D eigenvalue weighted by Crippen LogP contribution is 2.26. The molecule has 0 unspecified atom stereocenters. The zero-order chi connectivity index (χ0) is 16.2. The summed E-state index contributed by atoms with van der Waals surface area (Å²) in [4.78, 5) is 18.6. The van der Waals surface area contributed by atoms with Gasteiger partial charge in [-0.25, -0.2) is 9.37 Å². The minimum Gasteiger partial charge on any atom is -0.378 e. The van der Waals surface area contributed by atoms with Crippen molar-refractivity contribution < 1.29 is 13.9 Å². The van der Waals surface area contributed by atoms with Crippen molar-refractivity contribution in [1.29, 1.82) is 0 Å². The number of hydrogen-bond donors (Lipinski definition) is 1. The summed E-state index contributed by atoms with van der Waals surface area (Å²) in [7, 11) is 0. The summed E-state index contributed by atoms with van der Waals surface area (Å²) in [5.41, 5.74) is 0.698. The van der Waals surface area contributed by atoms with Crippen molar-refractivity contribution in [3.8, 4) is 0 Å². The highest BCUT2D eigenvalue weighted by molar-refractivity contribution is 7.22. The topological polar surface area (TPSA) is 54.5 Å². The number of nitrogens with one attached hydrogen (secondary N) is 1. The number of carbonyl (C=O) groups is 1. The summed E-state index contributed by atoms with van der Waals surface area (Å²) in [6.07, 6.45) is 2.24. The molecule has 1 fully saturated rings. The molecule has 1 amide bonds. The second-order valence-electron chi connectivity index (χ2n) is 5.61. The zero-order valence-corrected chi connectivity index (χ0v) is 13.9. The van der Waals surface area contributed by atoms with Crippen LogP contribution in [0.15, 0.2) is 18.2 Å². The first kappa shape index (κ1) is 16.3. The van der Waals surface area contributed by atoms with Gasteiger partial charge in [0.2, 0.25) is 5.91 Å². The van der Waals surface area contributed by atoms with Gasteiger partial charge in [0.25, 0.3) is 0 Å². The van der Waals surface area contributed by atoms with Crippen molar-refractivity contribution in [2.24, 2.45) is 0 Å². The average molecular weight is 337 g/mol. The molecule has 0 atom stereocenters. The number of piperidine rings is 1. The normalized spacial score (nSPS) is 16.8. The summed E-state index contributed by atoms with van der Waals surface area (Å²) in [5, 5.41) is 3.32. The second kappa shape index (κ2) is 7.33. The van der Waals surface area contributed by atoms with Gasteiger partial charge in [0.05, 0.1) is 22.9 Å². The lowest BCUT2D eigenvalue weighted by molar-refractivity contribution is -0.118. The van der Waals surface area contributed by atoms with E-state index in [1.165, 1.54) is 23.5 Å². The molecule has 1 saturated heterocycles. The maximum atomic E-state index is 13.2. The van der Waals surface area contributed by atoms with Crippen molar-refractivity contribution in [1.82, 2.24) is 9.88 Å². The molecule has 0 bridgehead atoms. The van der Waals surface area contributed by atoms with Crippen LogP contribution in [0, 0.1) is 5.82 Å². The summed E-state index contributed by atoms with van der Waals surface area (Å²) in [6.45, 7) is 4.82. The lowest BCUT2D eigenvalue weighted by Crippen LogP contribution is -2.41. The van der Waals surface area contributed by atoms with Gasteiger partial charge in [-0.15, -0.1) is 0 Å². The van der Waals surface area contributed by atoms with Gasteiger partial charge in [-0.2, -0.15) is 0 Å². The van der Waals surface area contributed by atoms with Gasteiger partial charge >= 0.3 is 0 Å². The highest BCUT2D eigenvalue weighted by atomic mass is 32.1. The van der Waals surface area contributed by atoms with Gasteiger partial charge in [0, 0.05) is 19.7 Å². The number of likely N-dealkylation sites (tertiary alicyclic amines) is 1. The predicted octanol–water partition coefficient (Wildman–Crippen LogP) is 2.87. The van der Waals surface area contributed by atoms with Crippen LogP contribution in [0.1, 0.15) is 19.8 Å². The number of aromatic nitrogens is 1. The molecule has 0 radical (unpaired) electrons. The van der Waals surface area contributed by atoms with E-state index in [1.54, 1.807) is 6.07 Å². The molecule has 1 N–H and O–H groups in total. The zero-order valence-electron chi connectivity index (χ0n) is 13.0. The van der Waals surface area contributed by atoms with E-state index < -0.39 is 0 Å². The molecule has 23 heavy (non-hydrogen) atoms. The van der Waals surface area contributed by atoms with Gasteiger partial charge in [0.15, 0.2) is 5.13 Å². The van der Waals surface area contributed by atoms with E-state index in [-0.39, 0.29) is 11.7 Å². The van der Waals surface area contributed by atoms with Crippen LogP contribution in [0.2, 0.25) is 0 Å². The van der Waals surface area contributed by atoms with E-state index in [2.05, 4.69) is 15.2 Å². The highest BCUT2D eigenvalue weighted by Gasteiger charge is 2.21. The number of thiazole rings is 1. The molecule has 1 aliphatic heterocycles. The van der Waals surface area contributed by atoms with Gasteiger partial charge in [-0.05, 0) is 38.0 Å². The number of hydrogen-bond acceptors (Lipinski definition) is 5. The number of halogens is 1. The minimum absolute atomic E-state index is 0.0839. The number of amides is 1. The van der Waals surface area contributed by atoms with Crippen LogP contribution in [-0.2, 0) is 9.53 Å². The molecule has 3 rings (SSSR count). The third kappa shape index (κ3) is 4.25. The molecule has 124 valence electrons.